The fourth-order valence-electron chi connectivity index (χ4n) is 6.57. The molecule has 0 spiro atoms. The zero-order chi connectivity index (χ0) is 30.2. The zero-order valence-electron chi connectivity index (χ0n) is 23.5. The number of nitrogens with one attached hydrogen (secondary N) is 1. The highest BCUT2D eigenvalue weighted by atomic mass is 19.4. The summed E-state index contributed by atoms with van der Waals surface area (Å²) >= 11 is 0. The molecular formula is C28H30F5N7O3. The first-order valence-electron chi connectivity index (χ1n) is 14.2. The van der Waals surface area contributed by atoms with Gasteiger partial charge in [-0.1, -0.05) is 0 Å². The Labute approximate surface area is 243 Å². The summed E-state index contributed by atoms with van der Waals surface area (Å²) < 4.78 is 92.0. The molecule has 4 aliphatic heterocycles. The zero-order valence-corrected chi connectivity index (χ0v) is 23.5. The molecule has 3 N–H and O–H groups in total. The highest BCUT2D eigenvalue weighted by Gasteiger charge is 2.41. The van der Waals surface area contributed by atoms with E-state index in [1.807, 2.05) is 4.90 Å². The van der Waals surface area contributed by atoms with Gasteiger partial charge < -0.3 is 30.2 Å². The second kappa shape index (κ2) is 10.3. The summed E-state index contributed by atoms with van der Waals surface area (Å²) in [4.78, 5) is 17.5. The Morgan fingerprint density at radius 3 is 2.77 bits per heavy atom. The molecule has 0 radical (unpaired) electrons. The minimum absolute atomic E-state index is 0.0552. The largest absolute Gasteiger partial charge is 0.472 e. The number of anilines is 2. The van der Waals surface area contributed by atoms with Crippen molar-refractivity contribution in [3.63, 3.8) is 0 Å². The third kappa shape index (κ3) is 4.68. The van der Waals surface area contributed by atoms with Crippen molar-refractivity contribution >= 4 is 22.4 Å². The molecule has 5 atom stereocenters. The van der Waals surface area contributed by atoms with Crippen LogP contribution in [0.1, 0.15) is 24.5 Å². The summed E-state index contributed by atoms with van der Waals surface area (Å²) in [5.74, 6) is -2.21. The molecule has 0 saturated carbocycles. The minimum Gasteiger partial charge on any atom is -0.472 e. The summed E-state index contributed by atoms with van der Waals surface area (Å²) in [6.45, 7) is 6.69. The van der Waals surface area contributed by atoms with Gasteiger partial charge in [0.1, 0.15) is 40.9 Å². The Hall–Kier alpha value is -3.56. The third-order valence-corrected chi connectivity index (χ3v) is 8.79. The van der Waals surface area contributed by atoms with Crippen molar-refractivity contribution < 1.29 is 36.2 Å². The van der Waals surface area contributed by atoms with Crippen LogP contribution in [0.15, 0.2) is 6.07 Å². The van der Waals surface area contributed by atoms with E-state index < -0.39 is 52.0 Å². The molecule has 4 aliphatic rings. The number of hydrogen-bond donors (Lipinski definition) is 2. The van der Waals surface area contributed by atoms with Gasteiger partial charge in [0, 0.05) is 38.3 Å². The van der Waals surface area contributed by atoms with Crippen molar-refractivity contribution in [3.8, 4) is 23.1 Å². The molecule has 15 heteroatoms. The van der Waals surface area contributed by atoms with Crippen LogP contribution in [0.2, 0.25) is 0 Å². The second-order valence-corrected chi connectivity index (χ2v) is 11.4. The standard InChI is InChI=1S/C28H30F5N7O3/c1-12-20(28(31,32)33)16(7-17(34)21(12)29)23-22(30)24-19-25(40-6-4-35-8-18(40)13(2)43-26(19)36-23)38-27(37-24)42-11-14-10-41-15-3-5-39(14)9-15/h7,13-15,18,35H,3-6,8-11,34H2,1-2H3/t13-,14-,15-,18-/m0/s1. The van der Waals surface area contributed by atoms with E-state index in [0.717, 1.165) is 32.5 Å². The Kier molecular flexibility index (Phi) is 6.74. The lowest BCUT2D eigenvalue weighted by atomic mass is 9.96. The van der Waals surface area contributed by atoms with E-state index >= 15 is 4.39 Å². The Balaban J connectivity index is 1.41. The fourth-order valence-corrected chi connectivity index (χ4v) is 6.57. The van der Waals surface area contributed by atoms with Gasteiger partial charge in [-0.2, -0.15) is 23.1 Å². The highest BCUT2D eigenvalue weighted by molar-refractivity contribution is 5.97. The summed E-state index contributed by atoms with van der Waals surface area (Å²) in [7, 11) is 0. The molecular weight excluding hydrogens is 577 g/mol. The van der Waals surface area contributed by atoms with Gasteiger partial charge >= 0.3 is 12.2 Å². The van der Waals surface area contributed by atoms with Crippen LogP contribution in [0.5, 0.6) is 11.9 Å². The van der Waals surface area contributed by atoms with Crippen molar-refractivity contribution in [3.05, 3.63) is 28.8 Å². The molecule has 3 fully saturated rings. The fraction of sp³-hybridized carbons (Fsp3) is 0.536. The molecule has 6 heterocycles. The first kappa shape index (κ1) is 28.2. The van der Waals surface area contributed by atoms with Crippen LogP contribution in [-0.2, 0) is 10.9 Å². The number of nitrogens with two attached hydrogens (primary N) is 1. The average Bonchev–Trinajstić information content (AvgIpc) is 3.31. The molecule has 1 aromatic carbocycles. The van der Waals surface area contributed by atoms with Crippen LogP contribution < -0.4 is 25.4 Å². The van der Waals surface area contributed by atoms with E-state index in [4.69, 9.17) is 19.9 Å². The molecule has 2 bridgehead atoms. The highest BCUT2D eigenvalue weighted by Crippen LogP contribution is 2.46. The number of fused-ring (bicyclic) bond motifs is 4. The van der Waals surface area contributed by atoms with Crippen molar-refractivity contribution in [2.24, 2.45) is 0 Å². The first-order valence-corrected chi connectivity index (χ1v) is 14.2. The van der Waals surface area contributed by atoms with Crippen molar-refractivity contribution in [2.45, 2.75) is 50.7 Å². The van der Waals surface area contributed by atoms with E-state index in [0.29, 0.717) is 32.1 Å². The van der Waals surface area contributed by atoms with Gasteiger partial charge in [0.15, 0.2) is 5.82 Å². The summed E-state index contributed by atoms with van der Waals surface area (Å²) in [5.41, 5.74) is 1.26. The predicted octanol–water partition coefficient (Wildman–Crippen LogP) is 3.29. The SMILES string of the molecule is Cc1c(F)c(N)cc(-c2nc3c4c(nc(OC[C@@H]5CO[C@H]6CCN5C6)nc4c2F)N2CCNC[C@H]2[C@H](C)O3)c1C(F)(F)F. The smallest absolute Gasteiger partial charge is 0.417 e. The number of benzene rings is 1. The van der Waals surface area contributed by atoms with E-state index in [9.17, 15) is 17.6 Å². The van der Waals surface area contributed by atoms with E-state index in [-0.39, 0.29) is 47.6 Å². The van der Waals surface area contributed by atoms with E-state index in [2.05, 4.69) is 25.2 Å². The van der Waals surface area contributed by atoms with Crippen LogP contribution >= 0.6 is 0 Å². The molecule has 10 nitrogen and oxygen atoms in total. The van der Waals surface area contributed by atoms with Crippen LogP contribution in [-0.4, -0.2) is 90.1 Å². The van der Waals surface area contributed by atoms with Crippen molar-refractivity contribution in [1.82, 2.24) is 25.2 Å². The van der Waals surface area contributed by atoms with Gasteiger partial charge in [-0.15, -0.1) is 0 Å². The van der Waals surface area contributed by atoms with Gasteiger partial charge in [-0.25, -0.2) is 13.8 Å². The van der Waals surface area contributed by atoms with Gasteiger partial charge in [0.25, 0.3) is 0 Å². The quantitative estimate of drug-likeness (QED) is 0.339. The van der Waals surface area contributed by atoms with Crippen molar-refractivity contribution in [2.75, 3.05) is 56.6 Å². The number of ether oxygens (including phenoxy) is 3. The van der Waals surface area contributed by atoms with Crippen LogP contribution in [0.25, 0.3) is 22.2 Å². The number of hydrogen-bond acceptors (Lipinski definition) is 10. The number of aromatic nitrogens is 3. The first-order chi connectivity index (χ1) is 20.5. The molecule has 3 saturated heterocycles. The average molecular weight is 608 g/mol. The Bertz CT molecular complexity index is 1610. The monoisotopic (exact) mass is 607 g/mol. The maximum absolute atomic E-state index is 16.5. The molecule has 7 rings (SSSR count). The lowest BCUT2D eigenvalue weighted by molar-refractivity contribution is -0.137. The maximum atomic E-state index is 16.5. The van der Waals surface area contributed by atoms with Gasteiger partial charge in [0.2, 0.25) is 5.88 Å². The lowest BCUT2D eigenvalue weighted by Crippen LogP contribution is -2.56. The molecule has 0 amide bonds. The molecule has 3 aromatic rings. The molecule has 43 heavy (non-hydrogen) atoms. The second-order valence-electron chi connectivity index (χ2n) is 11.4. The number of nitrogen functional groups attached to an aromatic ring is 1. The summed E-state index contributed by atoms with van der Waals surface area (Å²) in [5, 5.41) is 3.42. The van der Waals surface area contributed by atoms with Gasteiger partial charge in [-0.3, -0.25) is 4.90 Å². The third-order valence-electron chi connectivity index (χ3n) is 8.79. The number of nitrogens with zero attached hydrogens (tertiary/aromatic N) is 5. The molecule has 230 valence electrons. The minimum atomic E-state index is -5.03. The summed E-state index contributed by atoms with van der Waals surface area (Å²) in [6, 6.07) is 0.306. The topological polar surface area (TPSA) is 111 Å². The lowest BCUT2D eigenvalue weighted by Gasteiger charge is -2.38. The maximum Gasteiger partial charge on any atom is 0.417 e. The normalized spacial score (nSPS) is 26.7. The van der Waals surface area contributed by atoms with Gasteiger partial charge in [-0.05, 0) is 31.9 Å². The molecule has 1 unspecified atom stereocenters. The number of piperazine rings is 1. The number of pyridine rings is 1. The summed E-state index contributed by atoms with van der Waals surface area (Å²) in [6.07, 6.45) is -4.40. The van der Waals surface area contributed by atoms with Crippen LogP contribution in [0, 0.1) is 18.6 Å². The van der Waals surface area contributed by atoms with Crippen molar-refractivity contribution in [1.29, 1.82) is 0 Å². The van der Waals surface area contributed by atoms with Gasteiger partial charge in [0.05, 0.1) is 36.0 Å². The van der Waals surface area contributed by atoms with Crippen LogP contribution in [0.3, 0.4) is 0 Å². The van der Waals surface area contributed by atoms with E-state index in [1.54, 1.807) is 6.92 Å². The molecule has 2 aromatic heterocycles. The number of alkyl halides is 3. The molecule has 0 aliphatic carbocycles. The Morgan fingerprint density at radius 1 is 1.16 bits per heavy atom. The van der Waals surface area contributed by atoms with E-state index in [1.165, 1.54) is 0 Å². The Morgan fingerprint density at radius 2 is 1.98 bits per heavy atom. The number of halogens is 5. The van der Waals surface area contributed by atoms with Crippen LogP contribution in [0.4, 0.5) is 33.5 Å². The number of rotatable bonds is 4. The number of morpholine rings is 1. The predicted molar refractivity (Wildman–Crippen MR) is 146 cm³/mol.